The zero-order valence-electron chi connectivity index (χ0n) is 18.1. The molecule has 10 nitrogen and oxygen atoms in total. The van der Waals surface area contributed by atoms with Crippen LogP contribution in [0.2, 0.25) is 0 Å². The number of Topliss-reactive ketones (excluding diaryl/α,β-unsaturated/α-hetero) is 3. The van der Waals surface area contributed by atoms with Crippen LogP contribution in [-0.2, 0) is 6.42 Å². The summed E-state index contributed by atoms with van der Waals surface area (Å²) in [7, 11) is 0. The van der Waals surface area contributed by atoms with Crippen molar-refractivity contribution < 1.29 is 39.0 Å². The molecule has 0 saturated carbocycles. The van der Waals surface area contributed by atoms with Crippen LogP contribution in [0.15, 0.2) is 30.3 Å². The fourth-order valence-corrected chi connectivity index (χ4v) is 3.59. The van der Waals surface area contributed by atoms with Crippen molar-refractivity contribution in [2.24, 2.45) is 0 Å². The Hall–Kier alpha value is -3.79. The first-order valence-electron chi connectivity index (χ1n) is 10.3. The number of aliphatic hydroxyl groups excluding tert-OH is 1. The number of rotatable bonds is 10. The SMILES string of the molecule is CCCc1c(OCC(O)COc2ccc3c(c2)C(=O)C([N+](=O)[O-])C3=O)ccc(C(C)=O)c1O. The number of phenols is 1. The fraction of sp³-hybridized carbons (Fsp3) is 0.348. The van der Waals surface area contributed by atoms with E-state index in [-0.39, 0.29) is 47.2 Å². The molecule has 0 bridgehead atoms. The molecule has 1 aliphatic rings. The van der Waals surface area contributed by atoms with Gasteiger partial charge in [-0.2, -0.15) is 0 Å². The van der Waals surface area contributed by atoms with Crippen LogP contribution in [0, 0.1) is 10.1 Å². The number of nitro groups is 1. The molecule has 0 saturated heterocycles. The molecular weight excluding hydrogens is 434 g/mol. The third-order valence-electron chi connectivity index (χ3n) is 5.22. The summed E-state index contributed by atoms with van der Waals surface area (Å²) >= 11 is 0. The van der Waals surface area contributed by atoms with Crippen molar-refractivity contribution >= 4 is 17.3 Å². The first kappa shape index (κ1) is 23.9. The average Bonchev–Trinajstić information content (AvgIpc) is 3.02. The zero-order valence-corrected chi connectivity index (χ0v) is 18.1. The standard InChI is InChI=1S/C23H23NO9/c1-3-4-17-19(8-7-15(12(2)25)21(17)27)33-11-13(26)10-32-14-5-6-16-18(9-14)23(29)20(22(16)28)24(30)31/h5-9,13,20,26-27H,3-4,10-11H2,1-2H3. The molecule has 2 N–H and O–H groups in total. The van der Waals surface area contributed by atoms with Gasteiger partial charge >= 0.3 is 6.04 Å². The highest BCUT2D eigenvalue weighted by Crippen LogP contribution is 2.33. The smallest absolute Gasteiger partial charge is 0.336 e. The fourth-order valence-electron chi connectivity index (χ4n) is 3.59. The Balaban J connectivity index is 1.63. The van der Waals surface area contributed by atoms with E-state index in [0.717, 1.165) is 0 Å². The largest absolute Gasteiger partial charge is 0.507 e. The summed E-state index contributed by atoms with van der Waals surface area (Å²) in [5, 5.41) is 31.6. The first-order chi connectivity index (χ1) is 15.6. The van der Waals surface area contributed by atoms with Crippen molar-refractivity contribution in [1.29, 1.82) is 0 Å². The van der Waals surface area contributed by atoms with Gasteiger partial charge in [0.2, 0.25) is 11.6 Å². The minimum atomic E-state index is -1.93. The van der Waals surface area contributed by atoms with Gasteiger partial charge in [0.15, 0.2) is 5.78 Å². The van der Waals surface area contributed by atoms with Crippen LogP contribution in [0.3, 0.4) is 0 Å². The third-order valence-corrected chi connectivity index (χ3v) is 5.22. The number of fused-ring (bicyclic) bond motifs is 1. The number of carbonyl (C=O) groups is 3. The van der Waals surface area contributed by atoms with Gasteiger partial charge in [-0.05, 0) is 43.7 Å². The topological polar surface area (TPSA) is 153 Å². The maximum Gasteiger partial charge on any atom is 0.336 e. The van der Waals surface area contributed by atoms with Crippen molar-refractivity contribution in [3.05, 3.63) is 62.7 Å². The number of ether oxygens (including phenoxy) is 2. The minimum Gasteiger partial charge on any atom is -0.507 e. The molecule has 0 heterocycles. The summed E-state index contributed by atoms with van der Waals surface area (Å²) in [4.78, 5) is 45.9. The quantitative estimate of drug-likeness (QED) is 0.237. The van der Waals surface area contributed by atoms with Gasteiger partial charge in [-0.15, -0.1) is 0 Å². The molecule has 0 aliphatic heterocycles. The molecule has 0 amide bonds. The highest BCUT2D eigenvalue weighted by atomic mass is 16.6. The summed E-state index contributed by atoms with van der Waals surface area (Å²) in [5.41, 5.74) is 0.546. The zero-order chi connectivity index (χ0) is 24.3. The normalized spacial score (nSPS) is 15.8. The van der Waals surface area contributed by atoms with E-state index in [1.165, 1.54) is 31.2 Å². The van der Waals surface area contributed by atoms with Crippen LogP contribution in [-0.4, -0.2) is 57.8 Å². The molecule has 1 aliphatic carbocycles. The van der Waals surface area contributed by atoms with Gasteiger partial charge in [-0.1, -0.05) is 13.3 Å². The van der Waals surface area contributed by atoms with E-state index in [9.17, 15) is 34.7 Å². The van der Waals surface area contributed by atoms with Gasteiger partial charge in [-0.3, -0.25) is 24.5 Å². The second kappa shape index (κ2) is 9.78. The summed E-state index contributed by atoms with van der Waals surface area (Å²) < 4.78 is 11.1. The Morgan fingerprint density at radius 3 is 2.42 bits per heavy atom. The van der Waals surface area contributed by atoms with Crippen molar-refractivity contribution in [3.8, 4) is 17.2 Å². The van der Waals surface area contributed by atoms with Crippen LogP contribution in [0.25, 0.3) is 0 Å². The van der Waals surface area contributed by atoms with Gasteiger partial charge in [-0.25, -0.2) is 0 Å². The van der Waals surface area contributed by atoms with Crippen LogP contribution in [0.4, 0.5) is 0 Å². The van der Waals surface area contributed by atoms with E-state index < -0.39 is 28.6 Å². The number of hydrogen-bond acceptors (Lipinski definition) is 9. The van der Waals surface area contributed by atoms with Crippen molar-refractivity contribution in [3.63, 3.8) is 0 Å². The van der Waals surface area contributed by atoms with Crippen LogP contribution in [0.5, 0.6) is 17.2 Å². The molecule has 2 aromatic rings. The highest BCUT2D eigenvalue weighted by Gasteiger charge is 2.47. The minimum absolute atomic E-state index is 0.0322. The van der Waals surface area contributed by atoms with Crippen LogP contribution >= 0.6 is 0 Å². The number of hydrogen-bond donors (Lipinski definition) is 2. The molecule has 10 heteroatoms. The maximum absolute atomic E-state index is 12.1. The molecule has 33 heavy (non-hydrogen) atoms. The lowest BCUT2D eigenvalue weighted by atomic mass is 10.0. The number of ketones is 3. The monoisotopic (exact) mass is 457 g/mol. The second-order valence-electron chi connectivity index (χ2n) is 7.64. The van der Waals surface area contributed by atoms with Crippen molar-refractivity contribution in [2.75, 3.05) is 13.2 Å². The number of carbonyl (C=O) groups excluding carboxylic acids is 3. The predicted molar refractivity (Wildman–Crippen MR) is 115 cm³/mol. The number of aliphatic hydroxyl groups is 1. The highest BCUT2D eigenvalue weighted by molar-refractivity contribution is 6.28. The Morgan fingerprint density at radius 2 is 1.79 bits per heavy atom. The third kappa shape index (κ3) is 4.85. The summed E-state index contributed by atoms with van der Waals surface area (Å²) in [5.74, 6) is -1.67. The van der Waals surface area contributed by atoms with Gasteiger partial charge < -0.3 is 19.7 Å². The Morgan fingerprint density at radius 1 is 1.12 bits per heavy atom. The van der Waals surface area contributed by atoms with Gasteiger partial charge in [0.25, 0.3) is 0 Å². The van der Waals surface area contributed by atoms with Crippen LogP contribution in [0.1, 0.15) is 56.9 Å². The summed E-state index contributed by atoms with van der Waals surface area (Å²) in [6.07, 6.45) is 0.0848. The van der Waals surface area contributed by atoms with Crippen LogP contribution < -0.4 is 9.47 Å². The lowest BCUT2D eigenvalue weighted by molar-refractivity contribution is -0.488. The average molecular weight is 457 g/mol. The molecule has 2 aromatic carbocycles. The molecule has 3 rings (SSSR count). The molecule has 2 unspecified atom stereocenters. The first-order valence-corrected chi connectivity index (χ1v) is 10.3. The molecule has 0 fully saturated rings. The van der Waals surface area contributed by atoms with E-state index in [4.69, 9.17) is 9.47 Å². The van der Waals surface area contributed by atoms with Crippen molar-refractivity contribution in [1.82, 2.24) is 0 Å². The van der Waals surface area contributed by atoms with Gasteiger partial charge in [0, 0.05) is 21.6 Å². The molecule has 0 spiro atoms. The van der Waals surface area contributed by atoms with E-state index >= 15 is 0 Å². The Labute approximate surface area is 188 Å². The number of aromatic hydroxyl groups is 1. The van der Waals surface area contributed by atoms with Gasteiger partial charge in [0.1, 0.15) is 36.6 Å². The maximum atomic E-state index is 12.1. The Kier molecular flexibility index (Phi) is 7.07. The molecule has 174 valence electrons. The van der Waals surface area contributed by atoms with E-state index in [2.05, 4.69) is 0 Å². The van der Waals surface area contributed by atoms with E-state index in [0.29, 0.717) is 24.2 Å². The second-order valence-corrected chi connectivity index (χ2v) is 7.64. The Bertz CT molecular complexity index is 1130. The predicted octanol–water partition coefficient (Wildman–Crippen LogP) is 2.39. The van der Waals surface area contributed by atoms with Gasteiger partial charge in [0.05, 0.1) is 5.56 Å². The van der Waals surface area contributed by atoms with Crippen molar-refractivity contribution in [2.45, 2.75) is 38.8 Å². The lowest BCUT2D eigenvalue weighted by Gasteiger charge is -2.17. The lowest BCUT2D eigenvalue weighted by Crippen LogP contribution is -2.31. The number of nitrogens with zero attached hydrogens (tertiary/aromatic N) is 1. The van der Waals surface area contributed by atoms with E-state index in [1.54, 1.807) is 6.07 Å². The van der Waals surface area contributed by atoms with E-state index in [1.807, 2.05) is 6.92 Å². The molecule has 0 radical (unpaired) electrons. The summed E-state index contributed by atoms with van der Waals surface area (Å²) in [6.45, 7) is 2.86. The molecular formula is C23H23NO9. The molecule has 0 aromatic heterocycles. The number of phenolic OH excluding ortho intramolecular Hbond substituents is 1. The summed E-state index contributed by atoms with van der Waals surface area (Å²) in [6, 6.07) is 4.99. The number of benzene rings is 2. The molecule has 2 atom stereocenters.